The van der Waals surface area contributed by atoms with E-state index in [1.807, 2.05) is 45.0 Å². The molecule has 0 fully saturated rings. The van der Waals surface area contributed by atoms with Crippen LogP contribution < -0.4 is 5.32 Å². The van der Waals surface area contributed by atoms with Gasteiger partial charge in [-0.25, -0.2) is 0 Å². The van der Waals surface area contributed by atoms with E-state index in [1.165, 1.54) is 6.92 Å². The molecule has 1 rings (SSSR count). The molecule has 0 aliphatic heterocycles. The van der Waals surface area contributed by atoms with E-state index in [0.29, 0.717) is 0 Å². The van der Waals surface area contributed by atoms with Crippen molar-refractivity contribution in [3.63, 3.8) is 0 Å². The van der Waals surface area contributed by atoms with E-state index >= 15 is 0 Å². The van der Waals surface area contributed by atoms with Gasteiger partial charge in [-0.3, -0.25) is 4.79 Å². The highest BCUT2D eigenvalue weighted by Gasteiger charge is 2.00. The van der Waals surface area contributed by atoms with Gasteiger partial charge in [0.05, 0.1) is 5.71 Å². The summed E-state index contributed by atoms with van der Waals surface area (Å²) in [5.74, 6) is -0.0775. The van der Waals surface area contributed by atoms with E-state index in [4.69, 9.17) is 4.84 Å². The molecule has 0 radical (unpaired) electrons. The molecule has 0 aromatic heterocycles. The van der Waals surface area contributed by atoms with E-state index < -0.39 is 0 Å². The minimum Gasteiger partial charge on any atom is -0.393 e. The van der Waals surface area contributed by atoms with Gasteiger partial charge in [-0.05, 0) is 38.5 Å². The fourth-order valence-electron chi connectivity index (χ4n) is 1.24. The van der Waals surface area contributed by atoms with Crippen molar-refractivity contribution in [2.75, 3.05) is 5.32 Å². The van der Waals surface area contributed by atoms with Crippen LogP contribution in [0.4, 0.5) is 5.69 Å². The normalized spacial score (nSPS) is 11.5. The van der Waals surface area contributed by atoms with Crippen molar-refractivity contribution in [3.8, 4) is 0 Å². The number of nitrogens with one attached hydrogen (secondary N) is 1. The van der Waals surface area contributed by atoms with E-state index in [0.717, 1.165) is 17.0 Å². The first-order valence-corrected chi connectivity index (χ1v) is 5.57. The van der Waals surface area contributed by atoms with Gasteiger partial charge in [0.15, 0.2) is 0 Å². The maximum Gasteiger partial charge on any atom is 0.221 e. The summed E-state index contributed by atoms with van der Waals surface area (Å²) in [5, 5.41) is 6.72. The molecule has 0 atom stereocenters. The topological polar surface area (TPSA) is 50.7 Å². The van der Waals surface area contributed by atoms with Crippen molar-refractivity contribution in [2.24, 2.45) is 5.16 Å². The van der Waals surface area contributed by atoms with Crippen LogP contribution in [0.25, 0.3) is 0 Å². The molecule has 17 heavy (non-hydrogen) atoms. The van der Waals surface area contributed by atoms with Crippen molar-refractivity contribution >= 4 is 17.3 Å². The zero-order valence-corrected chi connectivity index (χ0v) is 10.7. The minimum absolute atomic E-state index is 0.0728. The quantitative estimate of drug-likeness (QED) is 0.643. The third-order valence-electron chi connectivity index (χ3n) is 2.02. The number of hydrogen-bond donors (Lipinski definition) is 1. The van der Waals surface area contributed by atoms with Crippen molar-refractivity contribution < 1.29 is 9.63 Å². The number of carbonyl (C=O) groups excluding carboxylic acids is 1. The second kappa shape index (κ2) is 6.03. The average molecular weight is 234 g/mol. The van der Waals surface area contributed by atoms with Gasteiger partial charge in [0.2, 0.25) is 5.91 Å². The van der Waals surface area contributed by atoms with Crippen LogP contribution in [0, 0.1) is 0 Å². The van der Waals surface area contributed by atoms with Crippen LogP contribution in [0.3, 0.4) is 0 Å². The molecular formula is C13H18N2O2. The van der Waals surface area contributed by atoms with Crippen molar-refractivity contribution in [1.29, 1.82) is 0 Å². The van der Waals surface area contributed by atoms with Gasteiger partial charge in [0.1, 0.15) is 6.10 Å². The third kappa shape index (κ3) is 4.68. The lowest BCUT2D eigenvalue weighted by Crippen LogP contribution is -2.06. The summed E-state index contributed by atoms with van der Waals surface area (Å²) in [7, 11) is 0. The number of anilines is 1. The van der Waals surface area contributed by atoms with E-state index in [9.17, 15) is 4.79 Å². The molecule has 1 amide bonds. The molecule has 1 aromatic rings. The van der Waals surface area contributed by atoms with E-state index in [1.54, 1.807) is 0 Å². The predicted molar refractivity (Wildman–Crippen MR) is 69.2 cm³/mol. The summed E-state index contributed by atoms with van der Waals surface area (Å²) in [4.78, 5) is 16.0. The Morgan fingerprint density at radius 1 is 1.24 bits per heavy atom. The number of benzene rings is 1. The van der Waals surface area contributed by atoms with Gasteiger partial charge < -0.3 is 10.2 Å². The van der Waals surface area contributed by atoms with Gasteiger partial charge in [-0.1, -0.05) is 17.3 Å². The van der Waals surface area contributed by atoms with E-state index in [2.05, 4.69) is 10.5 Å². The summed E-state index contributed by atoms with van der Waals surface area (Å²) in [6.45, 7) is 7.22. The molecular weight excluding hydrogens is 216 g/mol. The lowest BCUT2D eigenvalue weighted by molar-refractivity contribution is -0.114. The Morgan fingerprint density at radius 3 is 2.29 bits per heavy atom. The van der Waals surface area contributed by atoms with Crippen LogP contribution in [0.1, 0.15) is 33.3 Å². The van der Waals surface area contributed by atoms with Crippen molar-refractivity contribution in [3.05, 3.63) is 29.8 Å². The summed E-state index contributed by atoms with van der Waals surface area (Å²) >= 11 is 0. The third-order valence-corrected chi connectivity index (χ3v) is 2.02. The lowest BCUT2D eigenvalue weighted by atomic mass is 10.1. The number of hydrogen-bond acceptors (Lipinski definition) is 3. The molecule has 0 saturated heterocycles. The molecule has 92 valence electrons. The molecule has 4 nitrogen and oxygen atoms in total. The molecule has 0 bridgehead atoms. The standard InChI is InChI=1S/C13H18N2O2/c1-9(2)17-15-10(3)12-5-7-13(8-6-12)14-11(4)16/h5-9H,1-4H3,(H,14,16)/b15-10+. The molecule has 0 heterocycles. The maximum absolute atomic E-state index is 10.9. The van der Waals surface area contributed by atoms with Crippen LogP contribution in [0.15, 0.2) is 29.4 Å². The summed E-state index contributed by atoms with van der Waals surface area (Å²) in [6, 6.07) is 7.47. The predicted octanol–water partition coefficient (Wildman–Crippen LogP) is 2.79. The van der Waals surface area contributed by atoms with Gasteiger partial charge in [-0.15, -0.1) is 0 Å². The monoisotopic (exact) mass is 234 g/mol. The molecule has 0 saturated carbocycles. The Hall–Kier alpha value is -1.84. The molecule has 0 spiro atoms. The Bertz CT molecular complexity index is 408. The highest BCUT2D eigenvalue weighted by molar-refractivity contribution is 5.99. The number of nitrogens with zero attached hydrogens (tertiary/aromatic N) is 1. The summed E-state index contributed by atoms with van der Waals surface area (Å²) in [6.07, 6.45) is 0.0728. The van der Waals surface area contributed by atoms with Gasteiger partial charge >= 0.3 is 0 Å². The Kier molecular flexibility index (Phi) is 4.69. The van der Waals surface area contributed by atoms with Crippen LogP contribution in [0.5, 0.6) is 0 Å². The zero-order chi connectivity index (χ0) is 12.8. The van der Waals surface area contributed by atoms with Crippen molar-refractivity contribution in [2.45, 2.75) is 33.8 Å². The SMILES string of the molecule is CC(=O)Nc1ccc(/C(C)=N/OC(C)C)cc1. The Labute approximate surface area is 102 Å². The number of oxime groups is 1. The number of amides is 1. The van der Waals surface area contributed by atoms with Gasteiger partial charge in [-0.2, -0.15) is 0 Å². The molecule has 1 aromatic carbocycles. The largest absolute Gasteiger partial charge is 0.393 e. The second-order valence-corrected chi connectivity index (χ2v) is 4.09. The molecule has 0 aliphatic carbocycles. The van der Waals surface area contributed by atoms with Crippen LogP contribution >= 0.6 is 0 Å². The van der Waals surface area contributed by atoms with Gasteiger partial charge in [0.25, 0.3) is 0 Å². The zero-order valence-electron chi connectivity index (χ0n) is 10.7. The fourth-order valence-corrected chi connectivity index (χ4v) is 1.24. The summed E-state index contributed by atoms with van der Waals surface area (Å²) < 4.78 is 0. The Balaban J connectivity index is 2.73. The Morgan fingerprint density at radius 2 is 1.82 bits per heavy atom. The van der Waals surface area contributed by atoms with Crippen LogP contribution in [-0.4, -0.2) is 17.7 Å². The first-order valence-electron chi connectivity index (χ1n) is 5.57. The van der Waals surface area contributed by atoms with Crippen LogP contribution in [0.2, 0.25) is 0 Å². The minimum atomic E-state index is -0.0775. The van der Waals surface area contributed by atoms with E-state index in [-0.39, 0.29) is 12.0 Å². The average Bonchev–Trinajstić information content (AvgIpc) is 2.26. The maximum atomic E-state index is 10.9. The van der Waals surface area contributed by atoms with Gasteiger partial charge in [0, 0.05) is 12.6 Å². The number of rotatable bonds is 4. The first-order chi connectivity index (χ1) is 7.99. The summed E-state index contributed by atoms with van der Waals surface area (Å²) in [5.41, 5.74) is 2.56. The smallest absolute Gasteiger partial charge is 0.221 e. The molecule has 1 N–H and O–H groups in total. The molecule has 4 heteroatoms. The highest BCUT2D eigenvalue weighted by atomic mass is 16.6. The molecule has 0 unspecified atom stereocenters. The lowest BCUT2D eigenvalue weighted by Gasteiger charge is -2.06. The second-order valence-electron chi connectivity index (χ2n) is 4.09. The highest BCUT2D eigenvalue weighted by Crippen LogP contribution is 2.10. The first kappa shape index (κ1) is 13.2. The molecule has 0 aliphatic rings. The van der Waals surface area contributed by atoms with Crippen molar-refractivity contribution in [1.82, 2.24) is 0 Å². The fraction of sp³-hybridized carbons (Fsp3) is 0.385. The number of carbonyl (C=O) groups is 1. The van der Waals surface area contributed by atoms with Crippen LogP contribution in [-0.2, 0) is 9.63 Å².